The lowest BCUT2D eigenvalue weighted by atomic mass is 9.57. The molecule has 4 heterocycles. The molecule has 2 saturated heterocycles. The number of methoxy groups -OCH3 is 1. The Bertz CT molecular complexity index is 1560. The molecule has 4 atom stereocenters. The maximum absolute atomic E-state index is 14.8. The Hall–Kier alpha value is -3.97. The number of Topliss-reactive ketones (excluding diaryl/α,β-unsaturated/α-hetero) is 1. The number of rotatable bonds is 3. The van der Waals surface area contributed by atoms with Crippen LogP contribution in [-0.4, -0.2) is 42.2 Å². The molecule has 0 unspecified atom stereocenters. The van der Waals surface area contributed by atoms with E-state index in [0.717, 1.165) is 35.2 Å². The Balaban J connectivity index is 1.61. The molecule has 3 aromatic rings. The first-order chi connectivity index (χ1) is 18.4. The molecular weight excluding hydrogens is 478 g/mol. The van der Waals surface area contributed by atoms with Gasteiger partial charge in [-0.1, -0.05) is 48.0 Å². The maximum atomic E-state index is 14.8. The van der Waals surface area contributed by atoms with Gasteiger partial charge in [0.1, 0.15) is 16.7 Å². The van der Waals surface area contributed by atoms with E-state index in [1.165, 1.54) is 0 Å². The first-order valence-electron chi connectivity index (χ1n) is 13.2. The molecule has 2 N–H and O–H groups in total. The molecule has 0 saturated carbocycles. The highest BCUT2D eigenvalue weighted by Crippen LogP contribution is 2.68. The molecule has 4 aliphatic heterocycles. The van der Waals surface area contributed by atoms with Gasteiger partial charge in [-0.2, -0.15) is 0 Å². The summed E-state index contributed by atoms with van der Waals surface area (Å²) in [5, 5.41) is 6.25. The van der Waals surface area contributed by atoms with Crippen molar-refractivity contribution >= 4 is 29.0 Å². The van der Waals surface area contributed by atoms with Crippen LogP contribution < -0.4 is 15.4 Å². The van der Waals surface area contributed by atoms with Gasteiger partial charge in [0.25, 0.3) is 5.91 Å². The van der Waals surface area contributed by atoms with Gasteiger partial charge in [0, 0.05) is 23.0 Å². The third kappa shape index (κ3) is 2.50. The summed E-state index contributed by atoms with van der Waals surface area (Å²) in [6, 6.07) is 18.5. The van der Waals surface area contributed by atoms with Crippen molar-refractivity contribution in [3.05, 3.63) is 88.5 Å². The predicted octanol–water partition coefficient (Wildman–Crippen LogP) is 4.33. The summed E-state index contributed by atoms with van der Waals surface area (Å²) in [7, 11) is 1.55. The number of para-hydroxylation sites is 2. The normalized spacial score (nSPS) is 28.8. The van der Waals surface area contributed by atoms with Crippen LogP contribution >= 0.6 is 0 Å². The molecule has 7 heteroatoms. The van der Waals surface area contributed by atoms with Gasteiger partial charge in [-0.3, -0.25) is 19.3 Å². The van der Waals surface area contributed by atoms with E-state index in [-0.39, 0.29) is 23.6 Å². The van der Waals surface area contributed by atoms with Crippen molar-refractivity contribution in [3.63, 3.8) is 0 Å². The lowest BCUT2D eigenvalue weighted by molar-refractivity contribution is -0.137. The number of ketones is 1. The number of fused-ring (bicyclic) bond motifs is 7. The molecule has 4 aliphatic rings. The van der Waals surface area contributed by atoms with Crippen LogP contribution in [-0.2, 0) is 20.5 Å². The van der Waals surface area contributed by atoms with E-state index in [4.69, 9.17) is 4.74 Å². The van der Waals surface area contributed by atoms with E-state index in [2.05, 4.69) is 15.5 Å². The second-order valence-corrected chi connectivity index (χ2v) is 10.9. The van der Waals surface area contributed by atoms with Crippen LogP contribution in [0.2, 0.25) is 0 Å². The van der Waals surface area contributed by atoms with E-state index in [0.29, 0.717) is 29.1 Å². The molecule has 0 bridgehead atoms. The van der Waals surface area contributed by atoms with Crippen LogP contribution in [0.25, 0.3) is 0 Å². The van der Waals surface area contributed by atoms with Gasteiger partial charge >= 0.3 is 0 Å². The zero-order valence-electron chi connectivity index (χ0n) is 21.6. The molecule has 7 nitrogen and oxygen atoms in total. The van der Waals surface area contributed by atoms with E-state index in [1.807, 2.05) is 62.4 Å². The molecule has 38 heavy (non-hydrogen) atoms. The summed E-state index contributed by atoms with van der Waals surface area (Å²) in [5.74, 6) is -1.04. The molecular formula is C31H29N3O4. The van der Waals surface area contributed by atoms with E-state index in [9.17, 15) is 14.4 Å². The summed E-state index contributed by atoms with van der Waals surface area (Å²) < 4.78 is 5.60. The topological polar surface area (TPSA) is 87.7 Å². The lowest BCUT2D eigenvalue weighted by Crippen LogP contribution is -2.62. The number of carbonyl (C=O) groups is 3. The monoisotopic (exact) mass is 507 g/mol. The van der Waals surface area contributed by atoms with Gasteiger partial charge in [0.2, 0.25) is 5.91 Å². The van der Waals surface area contributed by atoms with Crippen LogP contribution in [0.1, 0.15) is 45.5 Å². The zero-order chi connectivity index (χ0) is 26.4. The minimum Gasteiger partial charge on any atom is -0.496 e. The molecule has 192 valence electrons. The van der Waals surface area contributed by atoms with Crippen LogP contribution in [0.3, 0.4) is 0 Å². The Kier molecular flexibility index (Phi) is 4.74. The summed E-state index contributed by atoms with van der Waals surface area (Å²) in [6.07, 6.45) is 1.56. The van der Waals surface area contributed by atoms with E-state index < -0.39 is 16.9 Å². The third-order valence-electron chi connectivity index (χ3n) is 9.20. The standard InChI is InChI=1S/C31H29N3O4/c1-17-15-18(2)26-21(16-17)31(29(37)33-26)30(20-10-5-6-11-22(20)32-28(30)36)25(23-12-8-14-34(23)31)27(35)19-9-4-7-13-24(19)38-3/h4-7,9-11,13,15-16,23,25H,8,12,14H2,1-3H3,(H,32,36)(H,33,37)/t23-,25+,30+,31-/m1/s1. The van der Waals surface area contributed by atoms with Gasteiger partial charge in [-0.15, -0.1) is 0 Å². The van der Waals surface area contributed by atoms with Crippen molar-refractivity contribution in [2.24, 2.45) is 5.92 Å². The summed E-state index contributed by atoms with van der Waals surface area (Å²) in [5.41, 5.74) is 2.45. The fourth-order valence-corrected chi connectivity index (χ4v) is 8.05. The summed E-state index contributed by atoms with van der Waals surface area (Å²) >= 11 is 0. The van der Waals surface area contributed by atoms with Crippen LogP contribution in [0, 0.1) is 19.8 Å². The Morgan fingerprint density at radius 2 is 1.74 bits per heavy atom. The van der Waals surface area contributed by atoms with Crippen LogP contribution in [0.15, 0.2) is 60.7 Å². The smallest absolute Gasteiger partial charge is 0.251 e. The third-order valence-corrected chi connectivity index (χ3v) is 9.20. The zero-order valence-corrected chi connectivity index (χ0v) is 21.6. The molecule has 3 aromatic carbocycles. The molecule has 0 radical (unpaired) electrons. The molecule has 2 spiro atoms. The first kappa shape index (κ1) is 23.2. The quantitative estimate of drug-likeness (QED) is 0.516. The van der Waals surface area contributed by atoms with Gasteiger partial charge in [-0.05, 0) is 62.6 Å². The summed E-state index contributed by atoms with van der Waals surface area (Å²) in [4.78, 5) is 46.0. The average molecular weight is 508 g/mol. The van der Waals surface area contributed by atoms with E-state index >= 15 is 0 Å². The van der Waals surface area contributed by atoms with Crippen molar-refractivity contribution in [1.82, 2.24) is 4.90 Å². The maximum Gasteiger partial charge on any atom is 0.251 e. The van der Waals surface area contributed by atoms with Crippen molar-refractivity contribution in [3.8, 4) is 5.75 Å². The van der Waals surface area contributed by atoms with Crippen LogP contribution in [0.5, 0.6) is 5.75 Å². The van der Waals surface area contributed by atoms with E-state index in [1.54, 1.807) is 19.2 Å². The van der Waals surface area contributed by atoms with Crippen LogP contribution in [0.4, 0.5) is 11.4 Å². The number of amides is 2. The van der Waals surface area contributed by atoms with Crippen molar-refractivity contribution in [1.29, 1.82) is 0 Å². The Morgan fingerprint density at radius 1 is 0.974 bits per heavy atom. The molecule has 2 fully saturated rings. The second kappa shape index (κ2) is 7.77. The second-order valence-electron chi connectivity index (χ2n) is 10.9. The Morgan fingerprint density at radius 3 is 2.55 bits per heavy atom. The minimum atomic E-state index is -1.46. The van der Waals surface area contributed by atoms with Crippen molar-refractivity contribution < 1.29 is 19.1 Å². The fraction of sp³-hybridized carbons (Fsp3) is 0.323. The number of nitrogens with zero attached hydrogens (tertiary/aromatic N) is 1. The first-order valence-corrected chi connectivity index (χ1v) is 13.2. The lowest BCUT2D eigenvalue weighted by Gasteiger charge is -2.43. The molecule has 7 rings (SSSR count). The number of ether oxygens (including phenoxy) is 1. The van der Waals surface area contributed by atoms with Crippen molar-refractivity contribution in [2.45, 2.75) is 43.7 Å². The van der Waals surface area contributed by atoms with Gasteiger partial charge < -0.3 is 15.4 Å². The number of benzene rings is 3. The largest absolute Gasteiger partial charge is 0.496 e. The number of hydrogen-bond donors (Lipinski definition) is 2. The predicted molar refractivity (Wildman–Crippen MR) is 144 cm³/mol. The number of carbonyl (C=O) groups excluding carboxylic acids is 3. The highest BCUT2D eigenvalue weighted by Gasteiger charge is 2.81. The number of anilines is 2. The highest BCUT2D eigenvalue weighted by atomic mass is 16.5. The summed E-state index contributed by atoms with van der Waals surface area (Å²) in [6.45, 7) is 4.61. The number of aryl methyl sites for hydroxylation is 2. The highest BCUT2D eigenvalue weighted by molar-refractivity contribution is 6.21. The van der Waals surface area contributed by atoms with Gasteiger partial charge in [0.05, 0.1) is 18.6 Å². The SMILES string of the molecule is COc1ccccc1C(=O)[C@@H]1[C@H]2CCCN2[C@]2(C(=O)Nc3c(C)cc(C)cc32)[C@]12C(=O)Nc1ccccc12. The number of nitrogens with one attached hydrogen (secondary N) is 2. The average Bonchev–Trinajstić information content (AvgIpc) is 3.63. The number of hydrogen-bond acceptors (Lipinski definition) is 5. The van der Waals surface area contributed by atoms with Gasteiger partial charge in [0.15, 0.2) is 5.78 Å². The van der Waals surface area contributed by atoms with Gasteiger partial charge in [-0.25, -0.2) is 0 Å². The molecule has 0 aromatic heterocycles. The fourth-order valence-electron chi connectivity index (χ4n) is 8.05. The molecule has 2 amide bonds. The minimum absolute atomic E-state index is 0.172. The van der Waals surface area contributed by atoms with Crippen molar-refractivity contribution in [2.75, 3.05) is 24.3 Å². The Labute approximate surface area is 221 Å². The molecule has 0 aliphatic carbocycles.